The third-order valence-electron chi connectivity index (χ3n) is 10.6. The zero-order valence-electron chi connectivity index (χ0n) is 34.9. The molecule has 330 valence electrons. The van der Waals surface area contributed by atoms with Crippen molar-refractivity contribution < 1.29 is 39.0 Å². The number of carboxylic acid groups (broad SMARTS) is 1. The molecule has 0 aliphatic carbocycles. The number of phenols is 1. The van der Waals surface area contributed by atoms with Crippen LogP contribution in [0.5, 0.6) is 5.75 Å². The molecule has 5 amide bonds. The lowest BCUT2D eigenvalue weighted by Gasteiger charge is -2.30. The van der Waals surface area contributed by atoms with Gasteiger partial charge in [0.25, 0.3) is 0 Å². The SMILES string of the molecule is CCCC[C@H](N)C(=O)N[C@@H](Cc1ccc(O)cc1)C(=O)N[C@H](C(=O)NCN[C@@H](CCCN=C(N)N)C(=O)N1CCC[C@H]1C(=O)N[C@@H](Cc1ccccc1)C(=O)O)[C@@H](C)CC. The summed E-state index contributed by atoms with van der Waals surface area (Å²) in [4.78, 5) is 85.8. The summed E-state index contributed by atoms with van der Waals surface area (Å²) in [6.45, 7) is 5.94. The first-order valence-corrected chi connectivity index (χ1v) is 20.7. The summed E-state index contributed by atoms with van der Waals surface area (Å²) in [5.74, 6) is -4.25. The molecule has 1 heterocycles. The highest BCUT2D eigenvalue weighted by Crippen LogP contribution is 2.21. The Hall–Kier alpha value is -5.75. The smallest absolute Gasteiger partial charge is 0.326 e. The van der Waals surface area contributed by atoms with Gasteiger partial charge in [-0.05, 0) is 61.3 Å². The van der Waals surface area contributed by atoms with E-state index >= 15 is 0 Å². The number of amides is 5. The second kappa shape index (κ2) is 25.0. The molecule has 0 unspecified atom stereocenters. The highest BCUT2D eigenvalue weighted by molar-refractivity contribution is 5.94. The molecule has 0 radical (unpaired) electrons. The molecule has 0 bridgehead atoms. The van der Waals surface area contributed by atoms with E-state index in [0.717, 1.165) is 18.4 Å². The van der Waals surface area contributed by atoms with Crippen LogP contribution in [0.1, 0.15) is 83.3 Å². The lowest BCUT2D eigenvalue weighted by atomic mass is 9.97. The summed E-state index contributed by atoms with van der Waals surface area (Å²) >= 11 is 0. The molecule has 1 aliphatic rings. The largest absolute Gasteiger partial charge is 0.508 e. The lowest BCUT2D eigenvalue weighted by Crippen LogP contribution is -2.59. The predicted octanol–water partition coefficient (Wildman–Crippen LogP) is 0.357. The van der Waals surface area contributed by atoms with Crippen molar-refractivity contribution in [3.05, 3.63) is 65.7 Å². The number of aliphatic carboxylic acids is 1. The highest BCUT2D eigenvalue weighted by atomic mass is 16.4. The quantitative estimate of drug-likeness (QED) is 0.0281. The third-order valence-corrected chi connectivity index (χ3v) is 10.6. The molecular weight excluding hydrogens is 773 g/mol. The number of guanidine groups is 1. The molecule has 3 rings (SSSR count). The average Bonchev–Trinajstić information content (AvgIpc) is 3.73. The topological polar surface area (TPSA) is 297 Å². The van der Waals surface area contributed by atoms with Crippen molar-refractivity contribution in [1.82, 2.24) is 31.5 Å². The minimum atomic E-state index is -1.21. The van der Waals surface area contributed by atoms with E-state index in [-0.39, 0.29) is 56.6 Å². The summed E-state index contributed by atoms with van der Waals surface area (Å²) in [5, 5.41) is 33.7. The van der Waals surface area contributed by atoms with Gasteiger partial charge in [0.2, 0.25) is 29.5 Å². The molecule has 13 N–H and O–H groups in total. The Kier molecular flexibility index (Phi) is 20.3. The van der Waals surface area contributed by atoms with Gasteiger partial charge in [0.15, 0.2) is 5.96 Å². The van der Waals surface area contributed by atoms with Crippen LogP contribution in [0.4, 0.5) is 0 Å². The molecule has 2 aromatic rings. The summed E-state index contributed by atoms with van der Waals surface area (Å²) in [5.41, 5.74) is 18.5. The Morgan fingerprint density at radius 3 is 2.13 bits per heavy atom. The Balaban J connectivity index is 1.74. The number of hydrogen-bond donors (Lipinski definition) is 10. The number of rotatable bonds is 25. The molecule has 2 aromatic carbocycles. The Morgan fingerprint density at radius 2 is 1.50 bits per heavy atom. The van der Waals surface area contributed by atoms with E-state index in [1.807, 2.05) is 19.9 Å². The molecule has 1 fully saturated rings. The van der Waals surface area contributed by atoms with E-state index < -0.39 is 71.8 Å². The summed E-state index contributed by atoms with van der Waals surface area (Å²) < 4.78 is 0. The number of nitrogens with one attached hydrogen (secondary N) is 5. The number of carboxylic acids is 1. The molecule has 0 spiro atoms. The number of nitrogens with zero attached hydrogens (tertiary/aromatic N) is 2. The van der Waals surface area contributed by atoms with Crippen LogP contribution >= 0.6 is 0 Å². The average molecular weight is 837 g/mol. The van der Waals surface area contributed by atoms with Crippen molar-refractivity contribution in [3.63, 3.8) is 0 Å². The standard InChI is InChI=1S/C42H64N10O8/c1-4-6-14-30(43)36(54)49-32(23-28-17-19-29(53)20-18-28)37(55)51-35(26(3)5-2)39(57)48-25-47-31(15-10-21-46-42(44)45)40(58)52-22-11-16-34(52)38(56)50-33(41(59)60)24-27-12-8-7-9-13-27/h7-9,12-13,17-20,26,30-35,47,53H,4-6,10-11,14-16,21-25,43H2,1-3H3,(H,48,57)(H,49,54)(H,50,56)(H,51,55)(H,59,60)(H4,44,45,46)/t26-,30-,31-,32-,33-,34-,35-/m0/s1. The van der Waals surface area contributed by atoms with Crippen LogP contribution in [0.15, 0.2) is 59.6 Å². The molecule has 0 aromatic heterocycles. The Bertz CT molecular complexity index is 1740. The zero-order valence-corrected chi connectivity index (χ0v) is 34.9. The van der Waals surface area contributed by atoms with Gasteiger partial charge in [0.1, 0.15) is 29.9 Å². The van der Waals surface area contributed by atoms with Crippen molar-refractivity contribution in [3.8, 4) is 5.75 Å². The lowest BCUT2D eigenvalue weighted by molar-refractivity contribution is -0.144. The van der Waals surface area contributed by atoms with Gasteiger partial charge in [-0.2, -0.15) is 0 Å². The summed E-state index contributed by atoms with van der Waals surface area (Å²) in [7, 11) is 0. The number of benzene rings is 2. The van der Waals surface area contributed by atoms with Crippen LogP contribution in [0.25, 0.3) is 0 Å². The minimum absolute atomic E-state index is 0.0411. The Morgan fingerprint density at radius 1 is 0.833 bits per heavy atom. The van der Waals surface area contributed by atoms with E-state index in [2.05, 4.69) is 31.6 Å². The van der Waals surface area contributed by atoms with Gasteiger partial charge in [0, 0.05) is 25.9 Å². The van der Waals surface area contributed by atoms with Crippen molar-refractivity contribution in [2.24, 2.45) is 28.1 Å². The van der Waals surface area contributed by atoms with E-state index in [1.165, 1.54) is 17.0 Å². The summed E-state index contributed by atoms with van der Waals surface area (Å²) in [6.07, 6.45) is 4.11. The van der Waals surface area contributed by atoms with E-state index in [9.17, 15) is 39.0 Å². The number of hydrogen-bond acceptors (Lipinski definition) is 10. The second-order valence-electron chi connectivity index (χ2n) is 15.3. The van der Waals surface area contributed by atoms with Crippen LogP contribution in [-0.4, -0.2) is 113 Å². The van der Waals surface area contributed by atoms with Gasteiger partial charge in [-0.1, -0.05) is 82.5 Å². The van der Waals surface area contributed by atoms with E-state index in [4.69, 9.17) is 17.2 Å². The molecular formula is C42H64N10O8. The van der Waals surface area contributed by atoms with Crippen molar-refractivity contribution in [2.75, 3.05) is 19.8 Å². The maximum atomic E-state index is 14.1. The first kappa shape index (κ1) is 48.6. The van der Waals surface area contributed by atoms with E-state index in [1.54, 1.807) is 43.3 Å². The van der Waals surface area contributed by atoms with Gasteiger partial charge < -0.3 is 53.6 Å². The first-order chi connectivity index (χ1) is 28.6. The number of nitrogens with two attached hydrogens (primary N) is 3. The van der Waals surface area contributed by atoms with Gasteiger partial charge in [0.05, 0.1) is 18.8 Å². The number of phenolic OH excluding ortho intramolecular Hbond substituents is 1. The monoisotopic (exact) mass is 836 g/mol. The molecule has 18 heteroatoms. The van der Waals surface area contributed by atoms with Crippen molar-refractivity contribution >= 4 is 41.5 Å². The number of aliphatic imine (C=N–C) groups is 1. The maximum Gasteiger partial charge on any atom is 0.326 e. The molecule has 18 nitrogen and oxygen atoms in total. The highest BCUT2D eigenvalue weighted by Gasteiger charge is 2.38. The van der Waals surface area contributed by atoms with Crippen LogP contribution in [0.2, 0.25) is 0 Å². The van der Waals surface area contributed by atoms with Crippen molar-refractivity contribution in [2.45, 2.75) is 121 Å². The van der Waals surface area contributed by atoms with Gasteiger partial charge >= 0.3 is 5.97 Å². The number of likely N-dealkylation sites (tertiary alicyclic amines) is 1. The fourth-order valence-corrected chi connectivity index (χ4v) is 6.88. The van der Waals surface area contributed by atoms with Crippen LogP contribution < -0.4 is 43.8 Å². The summed E-state index contributed by atoms with van der Waals surface area (Å²) in [6, 6.07) is 9.16. The van der Waals surface area contributed by atoms with E-state index in [0.29, 0.717) is 37.7 Å². The van der Waals surface area contributed by atoms with Crippen molar-refractivity contribution in [1.29, 1.82) is 0 Å². The number of unbranched alkanes of at least 4 members (excludes halogenated alkanes) is 1. The fraction of sp³-hybridized carbons (Fsp3) is 0.548. The second-order valence-corrected chi connectivity index (χ2v) is 15.3. The molecule has 1 aliphatic heterocycles. The molecule has 0 saturated carbocycles. The predicted molar refractivity (Wildman–Crippen MR) is 227 cm³/mol. The van der Waals surface area contributed by atoms with Gasteiger partial charge in [-0.15, -0.1) is 0 Å². The van der Waals surface area contributed by atoms with Gasteiger partial charge in [-0.3, -0.25) is 34.3 Å². The van der Waals surface area contributed by atoms with Gasteiger partial charge in [-0.25, -0.2) is 4.79 Å². The first-order valence-electron chi connectivity index (χ1n) is 20.7. The van der Waals surface area contributed by atoms with Crippen LogP contribution in [0, 0.1) is 5.92 Å². The maximum absolute atomic E-state index is 14.1. The van der Waals surface area contributed by atoms with Crippen LogP contribution in [0.3, 0.4) is 0 Å². The minimum Gasteiger partial charge on any atom is -0.508 e. The number of aromatic hydroxyl groups is 1. The normalized spacial score (nSPS) is 16.6. The molecule has 1 saturated heterocycles. The number of carbonyl (C=O) groups is 6. The Labute approximate surface area is 351 Å². The zero-order chi connectivity index (χ0) is 44.2. The number of carbonyl (C=O) groups excluding carboxylic acids is 5. The molecule has 7 atom stereocenters. The third kappa shape index (κ3) is 15.8. The molecule has 60 heavy (non-hydrogen) atoms. The van der Waals surface area contributed by atoms with Crippen LogP contribution in [-0.2, 0) is 41.6 Å². The fourth-order valence-electron chi connectivity index (χ4n) is 6.88.